The zero-order valence-electron chi connectivity index (χ0n) is 13.1. The third kappa shape index (κ3) is 12.3. The third-order valence-electron chi connectivity index (χ3n) is 2.59. The first-order valence-electron chi connectivity index (χ1n) is 6.99. The van der Waals surface area contributed by atoms with E-state index in [4.69, 9.17) is 14.9 Å². The van der Waals surface area contributed by atoms with Crippen molar-refractivity contribution in [3.8, 4) is 5.75 Å². The Hall–Kier alpha value is -1.99. The van der Waals surface area contributed by atoms with Crippen LogP contribution in [0.4, 0.5) is 0 Å². The van der Waals surface area contributed by atoms with Gasteiger partial charge in [0.05, 0.1) is 0 Å². The third-order valence-corrected chi connectivity index (χ3v) is 3.23. The Labute approximate surface area is 140 Å². The van der Waals surface area contributed by atoms with Gasteiger partial charge in [0.1, 0.15) is 18.4 Å². The van der Waals surface area contributed by atoms with Crippen LogP contribution in [0.25, 0.3) is 0 Å². The summed E-state index contributed by atoms with van der Waals surface area (Å²) in [5.41, 5.74) is 0. The summed E-state index contributed by atoms with van der Waals surface area (Å²) in [6, 6.07) is 9.00. The summed E-state index contributed by atoms with van der Waals surface area (Å²) in [7, 11) is 0. The van der Waals surface area contributed by atoms with E-state index in [-0.39, 0.29) is 0 Å². The topological polar surface area (TPSA) is 95.9 Å². The first kappa shape index (κ1) is 21.0. The van der Waals surface area contributed by atoms with Crippen LogP contribution in [0.3, 0.4) is 0 Å². The molecule has 0 bridgehead atoms. The van der Waals surface area contributed by atoms with Crippen molar-refractivity contribution < 1.29 is 24.5 Å². The Kier molecular flexibility index (Phi) is 12.5. The summed E-state index contributed by atoms with van der Waals surface area (Å²) in [5, 5.41) is 19.6. The highest BCUT2D eigenvalue weighted by molar-refractivity contribution is 7.98. The van der Waals surface area contributed by atoms with Gasteiger partial charge in [-0.3, -0.25) is 4.79 Å². The zero-order valence-corrected chi connectivity index (χ0v) is 13.9. The van der Waals surface area contributed by atoms with Gasteiger partial charge in [-0.05, 0) is 30.6 Å². The molecule has 1 aromatic carbocycles. The quantitative estimate of drug-likeness (QED) is 0.443. The maximum Gasteiger partial charge on any atom is 0.327 e. The second kappa shape index (κ2) is 13.7. The van der Waals surface area contributed by atoms with E-state index in [1.807, 2.05) is 36.6 Å². The van der Waals surface area contributed by atoms with E-state index in [9.17, 15) is 9.59 Å². The zero-order chi connectivity index (χ0) is 17.5. The molecule has 0 radical (unpaired) electrons. The molecule has 0 fully saturated rings. The molecule has 1 rings (SSSR count). The SMILES string of the molecule is C=CC(=O)O.CSCC[C@H](NCCOc1ccccc1)C(=O)O. The lowest BCUT2D eigenvalue weighted by Gasteiger charge is -2.14. The van der Waals surface area contributed by atoms with Gasteiger partial charge in [-0.15, -0.1) is 0 Å². The minimum absolute atomic E-state index is 0.465. The van der Waals surface area contributed by atoms with Crippen LogP contribution in [-0.4, -0.2) is 53.4 Å². The number of carboxylic acid groups (broad SMARTS) is 2. The molecule has 0 saturated heterocycles. The number of carbonyl (C=O) groups is 2. The molecule has 3 N–H and O–H groups in total. The van der Waals surface area contributed by atoms with Crippen LogP contribution >= 0.6 is 11.8 Å². The van der Waals surface area contributed by atoms with Crippen LogP contribution in [0, 0.1) is 0 Å². The van der Waals surface area contributed by atoms with E-state index in [2.05, 4.69) is 11.9 Å². The molecule has 0 aromatic heterocycles. The van der Waals surface area contributed by atoms with E-state index in [1.54, 1.807) is 11.8 Å². The van der Waals surface area contributed by atoms with Crippen LogP contribution in [0.15, 0.2) is 43.0 Å². The molecule has 0 aliphatic rings. The lowest BCUT2D eigenvalue weighted by atomic mass is 10.2. The molecule has 0 saturated carbocycles. The van der Waals surface area contributed by atoms with Crippen molar-refractivity contribution in [2.24, 2.45) is 0 Å². The van der Waals surface area contributed by atoms with E-state index in [0.29, 0.717) is 19.6 Å². The highest BCUT2D eigenvalue weighted by atomic mass is 32.2. The van der Waals surface area contributed by atoms with Gasteiger partial charge in [-0.2, -0.15) is 11.8 Å². The van der Waals surface area contributed by atoms with Crippen LogP contribution in [0.5, 0.6) is 5.75 Å². The van der Waals surface area contributed by atoms with Gasteiger partial charge < -0.3 is 20.3 Å². The predicted molar refractivity (Wildman–Crippen MR) is 92.2 cm³/mol. The largest absolute Gasteiger partial charge is 0.492 e. The molecule has 0 aliphatic carbocycles. The maximum atomic E-state index is 11.0. The minimum atomic E-state index is -0.981. The average Bonchev–Trinajstić information content (AvgIpc) is 2.55. The van der Waals surface area contributed by atoms with Gasteiger partial charge in [0.15, 0.2) is 0 Å². The monoisotopic (exact) mass is 341 g/mol. The smallest absolute Gasteiger partial charge is 0.327 e. The van der Waals surface area contributed by atoms with Crippen LogP contribution < -0.4 is 10.1 Å². The number of thioether (sulfide) groups is 1. The highest BCUT2D eigenvalue weighted by Gasteiger charge is 2.15. The number of rotatable bonds is 10. The van der Waals surface area contributed by atoms with Gasteiger partial charge >= 0.3 is 11.9 Å². The summed E-state index contributed by atoms with van der Waals surface area (Å²) < 4.78 is 5.48. The Morgan fingerprint density at radius 3 is 2.43 bits per heavy atom. The molecule has 0 unspecified atom stereocenters. The summed E-state index contributed by atoms with van der Waals surface area (Å²) in [6.45, 7) is 3.95. The van der Waals surface area contributed by atoms with Crippen molar-refractivity contribution in [1.29, 1.82) is 0 Å². The molecule has 0 amide bonds. The van der Waals surface area contributed by atoms with Crippen molar-refractivity contribution in [3.05, 3.63) is 43.0 Å². The standard InChI is InChI=1S/C13H19NO3S.C3H4O2/c1-18-10-7-12(13(15)16)14-8-9-17-11-5-3-2-4-6-11;1-2-3(4)5/h2-6,12,14H,7-10H2,1H3,(H,15,16);2H,1H2,(H,4,5)/t12-;/m0./s1. The Morgan fingerprint density at radius 2 is 1.96 bits per heavy atom. The number of ether oxygens (including phenoxy) is 1. The molecule has 1 aromatic rings. The number of carboxylic acids is 2. The molecule has 0 spiro atoms. The van der Waals surface area contributed by atoms with E-state index >= 15 is 0 Å². The summed E-state index contributed by atoms with van der Waals surface area (Å²) in [6.07, 6.45) is 3.43. The van der Waals surface area contributed by atoms with Crippen LogP contribution in [-0.2, 0) is 9.59 Å². The first-order chi connectivity index (χ1) is 11.0. The molecular formula is C16H23NO5S. The molecule has 23 heavy (non-hydrogen) atoms. The van der Waals surface area contributed by atoms with E-state index < -0.39 is 18.0 Å². The van der Waals surface area contributed by atoms with Gasteiger partial charge in [0.25, 0.3) is 0 Å². The van der Waals surface area contributed by atoms with Crippen LogP contribution in [0.2, 0.25) is 0 Å². The molecule has 0 aliphatic heterocycles. The number of nitrogens with one attached hydrogen (secondary N) is 1. The molecule has 7 heteroatoms. The molecule has 0 heterocycles. The number of hydrogen-bond acceptors (Lipinski definition) is 5. The fourth-order valence-electron chi connectivity index (χ4n) is 1.47. The van der Waals surface area contributed by atoms with Crippen molar-refractivity contribution in [1.82, 2.24) is 5.32 Å². The van der Waals surface area contributed by atoms with Crippen molar-refractivity contribution >= 4 is 23.7 Å². The predicted octanol–water partition coefficient (Wildman–Crippen LogP) is 2.12. The second-order valence-electron chi connectivity index (χ2n) is 4.33. The lowest BCUT2D eigenvalue weighted by Crippen LogP contribution is -2.39. The van der Waals surface area contributed by atoms with E-state index in [0.717, 1.165) is 17.6 Å². The Morgan fingerprint density at radius 1 is 1.35 bits per heavy atom. The van der Waals surface area contributed by atoms with Crippen molar-refractivity contribution in [2.75, 3.05) is 25.2 Å². The maximum absolute atomic E-state index is 11.0. The fourth-order valence-corrected chi connectivity index (χ4v) is 1.94. The molecule has 6 nitrogen and oxygen atoms in total. The van der Waals surface area contributed by atoms with Crippen molar-refractivity contribution in [2.45, 2.75) is 12.5 Å². The van der Waals surface area contributed by atoms with Crippen LogP contribution in [0.1, 0.15) is 6.42 Å². The van der Waals surface area contributed by atoms with Gasteiger partial charge in [-0.25, -0.2) is 4.79 Å². The van der Waals surface area contributed by atoms with E-state index in [1.165, 1.54) is 0 Å². The molecule has 128 valence electrons. The normalized spacial score (nSPS) is 10.8. The minimum Gasteiger partial charge on any atom is -0.492 e. The molecular weight excluding hydrogens is 318 g/mol. The fraction of sp³-hybridized carbons (Fsp3) is 0.375. The van der Waals surface area contributed by atoms with Gasteiger partial charge in [0, 0.05) is 12.6 Å². The number of para-hydroxylation sites is 1. The second-order valence-corrected chi connectivity index (χ2v) is 5.32. The summed E-state index contributed by atoms with van der Waals surface area (Å²) in [5.74, 6) is -0.146. The number of hydrogen-bond donors (Lipinski definition) is 3. The van der Waals surface area contributed by atoms with Gasteiger partial charge in [0.2, 0.25) is 0 Å². The summed E-state index contributed by atoms with van der Waals surface area (Å²) in [4.78, 5) is 20.2. The number of aliphatic carboxylic acids is 2. The Balaban J connectivity index is 0.000000841. The summed E-state index contributed by atoms with van der Waals surface area (Å²) >= 11 is 1.65. The number of benzene rings is 1. The molecule has 1 atom stereocenters. The highest BCUT2D eigenvalue weighted by Crippen LogP contribution is 2.07. The lowest BCUT2D eigenvalue weighted by molar-refractivity contribution is -0.139. The van der Waals surface area contributed by atoms with Crippen molar-refractivity contribution in [3.63, 3.8) is 0 Å². The Bertz CT molecular complexity index is 467. The first-order valence-corrected chi connectivity index (χ1v) is 8.39. The average molecular weight is 341 g/mol. The van der Waals surface area contributed by atoms with Gasteiger partial charge in [-0.1, -0.05) is 24.8 Å².